The Balaban J connectivity index is -0.0000000219. The molecule has 0 unspecified atom stereocenters. The van der Waals surface area contributed by atoms with Crippen molar-refractivity contribution in [1.82, 2.24) is 0 Å². The van der Waals surface area contributed by atoms with Crippen LogP contribution in [0.15, 0.2) is 30.3 Å². The SMILES string of the molecule is CC[NH-].[CH3-].[CH3-].[CH3-].[Hf].c1cc[cH-]c1. The van der Waals surface area contributed by atoms with Crippen LogP contribution in [0.5, 0.6) is 0 Å². The van der Waals surface area contributed by atoms with Gasteiger partial charge in [-0.3, -0.25) is 0 Å². The Bertz CT molecular complexity index is 76.7. The van der Waals surface area contributed by atoms with Crippen molar-refractivity contribution >= 4 is 0 Å². The fourth-order valence-corrected chi connectivity index (χ4v) is 0.321. The largest absolute Gasteiger partial charge is 0.678 e. The molecular weight excluding hydrogens is 313 g/mol. The molecule has 0 spiro atoms. The van der Waals surface area contributed by atoms with Crippen molar-refractivity contribution in [2.24, 2.45) is 0 Å². The van der Waals surface area contributed by atoms with Gasteiger partial charge in [0.1, 0.15) is 0 Å². The van der Waals surface area contributed by atoms with E-state index in [0.29, 0.717) is 6.54 Å². The third-order valence-corrected chi connectivity index (χ3v) is 0.556. The third kappa shape index (κ3) is 32.0. The Hall–Kier alpha value is 0.180. The average molecular weight is 333 g/mol. The first-order chi connectivity index (χ1) is 3.91. The molecule has 0 atom stereocenters. The number of nitrogens with one attached hydrogen (secondary N) is 1. The van der Waals surface area contributed by atoms with Gasteiger partial charge in [-0.2, -0.15) is 24.7 Å². The van der Waals surface area contributed by atoms with Crippen molar-refractivity contribution in [2.45, 2.75) is 6.92 Å². The summed E-state index contributed by atoms with van der Waals surface area (Å²) in [5.74, 6) is 0. The normalized spacial score (nSPS) is 4.83. The molecule has 1 rings (SSSR count). The van der Waals surface area contributed by atoms with Crippen LogP contribution in [0.4, 0.5) is 0 Å². The number of hydrogen-bond donors (Lipinski definition) is 0. The molecular formula is C10H20HfN-5. The maximum atomic E-state index is 6.21. The van der Waals surface area contributed by atoms with Gasteiger partial charge in [0.05, 0.1) is 0 Å². The molecule has 0 fully saturated rings. The minimum absolute atomic E-state index is 0. The van der Waals surface area contributed by atoms with Gasteiger partial charge in [-0.25, -0.2) is 12.1 Å². The molecule has 0 aliphatic heterocycles. The van der Waals surface area contributed by atoms with Crippen molar-refractivity contribution < 1.29 is 25.8 Å². The van der Waals surface area contributed by atoms with Crippen molar-refractivity contribution in [3.63, 3.8) is 0 Å². The molecule has 0 aromatic heterocycles. The third-order valence-electron chi connectivity index (χ3n) is 0.556. The van der Waals surface area contributed by atoms with E-state index in [4.69, 9.17) is 5.73 Å². The molecule has 0 aliphatic carbocycles. The van der Waals surface area contributed by atoms with Crippen LogP contribution >= 0.6 is 0 Å². The van der Waals surface area contributed by atoms with E-state index in [9.17, 15) is 0 Å². The Morgan fingerprint density at radius 3 is 1.42 bits per heavy atom. The zero-order chi connectivity index (χ0) is 6.24. The molecule has 0 heterocycles. The molecule has 0 amide bonds. The quantitative estimate of drug-likeness (QED) is 0.509. The minimum Gasteiger partial charge on any atom is -0.678 e. The second-order valence-electron chi connectivity index (χ2n) is 1.32. The van der Waals surface area contributed by atoms with Gasteiger partial charge in [-0.05, 0) is 0 Å². The van der Waals surface area contributed by atoms with Gasteiger partial charge < -0.3 is 28.0 Å². The summed E-state index contributed by atoms with van der Waals surface area (Å²) in [7, 11) is 0. The monoisotopic (exact) mass is 334 g/mol. The summed E-state index contributed by atoms with van der Waals surface area (Å²) in [6.45, 7) is 2.29. The van der Waals surface area contributed by atoms with Gasteiger partial charge in [0.2, 0.25) is 0 Å². The van der Waals surface area contributed by atoms with Gasteiger partial charge in [0, 0.05) is 25.8 Å². The molecule has 2 heteroatoms. The van der Waals surface area contributed by atoms with E-state index in [1.54, 1.807) is 6.92 Å². The molecule has 1 aromatic rings. The van der Waals surface area contributed by atoms with E-state index < -0.39 is 0 Å². The van der Waals surface area contributed by atoms with Crippen molar-refractivity contribution in [3.8, 4) is 0 Å². The van der Waals surface area contributed by atoms with Crippen LogP contribution in [0.25, 0.3) is 5.73 Å². The standard InChI is InChI=1S/C5H5.C2H6N.3CH3.Hf/c1-2-4-5-3-1;1-2-3;;;;/h1-5H;3H,2H2,1H3;3*1H3;/q5*-1;. The molecule has 1 aromatic carbocycles. The molecule has 0 saturated heterocycles. The topological polar surface area (TPSA) is 23.8 Å². The van der Waals surface area contributed by atoms with Crippen molar-refractivity contribution in [2.75, 3.05) is 6.54 Å². The number of hydrogen-bond acceptors (Lipinski definition) is 0. The minimum atomic E-state index is 0. The Kier molecular flexibility index (Phi) is 74.7. The van der Waals surface area contributed by atoms with Gasteiger partial charge in [-0.1, -0.05) is 6.92 Å². The molecule has 12 heavy (non-hydrogen) atoms. The van der Waals surface area contributed by atoms with E-state index in [0.717, 1.165) is 0 Å². The fraction of sp³-hybridized carbons (Fsp3) is 0.200. The predicted octanol–water partition coefficient (Wildman–Crippen LogP) is 3.81. The van der Waals surface area contributed by atoms with Gasteiger partial charge in [0.25, 0.3) is 0 Å². The number of rotatable bonds is 0. The van der Waals surface area contributed by atoms with Crippen LogP contribution in [0.1, 0.15) is 6.92 Å². The molecule has 0 radical (unpaired) electrons. The van der Waals surface area contributed by atoms with E-state index in [2.05, 4.69) is 0 Å². The summed E-state index contributed by atoms with van der Waals surface area (Å²) in [6.07, 6.45) is 0. The van der Waals surface area contributed by atoms with Crippen LogP contribution in [0.3, 0.4) is 0 Å². The van der Waals surface area contributed by atoms with Crippen LogP contribution in [-0.2, 0) is 25.8 Å². The Morgan fingerprint density at radius 2 is 1.33 bits per heavy atom. The average Bonchev–Trinajstić information content (AvgIpc) is 2.17. The molecule has 0 bridgehead atoms. The van der Waals surface area contributed by atoms with E-state index in [1.165, 1.54) is 0 Å². The Morgan fingerprint density at radius 1 is 1.08 bits per heavy atom. The van der Waals surface area contributed by atoms with Gasteiger partial charge in [0.15, 0.2) is 0 Å². The molecule has 1 N–H and O–H groups in total. The summed E-state index contributed by atoms with van der Waals surface area (Å²) in [5.41, 5.74) is 6.21. The summed E-state index contributed by atoms with van der Waals surface area (Å²) in [5, 5.41) is 0. The summed E-state index contributed by atoms with van der Waals surface area (Å²) in [4.78, 5) is 0. The van der Waals surface area contributed by atoms with Crippen LogP contribution in [0, 0.1) is 22.3 Å². The second kappa shape index (κ2) is 30.3. The predicted molar refractivity (Wildman–Crippen MR) is 56.1 cm³/mol. The molecule has 1 nitrogen and oxygen atoms in total. The first kappa shape index (κ1) is 29.5. The van der Waals surface area contributed by atoms with Gasteiger partial charge >= 0.3 is 0 Å². The van der Waals surface area contributed by atoms with E-state index in [1.807, 2.05) is 30.3 Å². The van der Waals surface area contributed by atoms with Crippen molar-refractivity contribution in [1.29, 1.82) is 0 Å². The summed E-state index contributed by atoms with van der Waals surface area (Å²) < 4.78 is 0. The molecule has 74 valence electrons. The van der Waals surface area contributed by atoms with E-state index in [-0.39, 0.29) is 48.1 Å². The zero-order valence-electron chi connectivity index (χ0n) is 8.59. The first-order valence-corrected chi connectivity index (χ1v) is 2.73. The second-order valence-corrected chi connectivity index (χ2v) is 1.32. The smallest absolute Gasteiger partial charge is 0 e. The van der Waals surface area contributed by atoms with Crippen LogP contribution in [0.2, 0.25) is 0 Å². The van der Waals surface area contributed by atoms with Crippen LogP contribution in [-0.4, -0.2) is 6.54 Å². The Labute approximate surface area is 97.5 Å². The first-order valence-electron chi connectivity index (χ1n) is 2.73. The van der Waals surface area contributed by atoms with E-state index >= 15 is 0 Å². The molecule has 0 saturated carbocycles. The maximum Gasteiger partial charge on any atom is 0 e. The fourth-order valence-electron chi connectivity index (χ4n) is 0.321. The molecule has 0 aliphatic rings. The maximum absolute atomic E-state index is 6.21. The summed E-state index contributed by atoms with van der Waals surface area (Å²) in [6, 6.07) is 10.0. The van der Waals surface area contributed by atoms with Crippen LogP contribution < -0.4 is 0 Å². The van der Waals surface area contributed by atoms with Gasteiger partial charge in [-0.15, -0.1) is 0 Å². The summed E-state index contributed by atoms with van der Waals surface area (Å²) >= 11 is 0. The zero-order valence-corrected chi connectivity index (χ0v) is 12.2. The van der Waals surface area contributed by atoms with Crippen molar-refractivity contribution in [3.05, 3.63) is 58.3 Å².